The first-order chi connectivity index (χ1) is 10.4. The highest BCUT2D eigenvalue weighted by Crippen LogP contribution is 2.24. The largest absolute Gasteiger partial charge is 0.365 e. The molecule has 0 saturated carbocycles. The van der Waals surface area contributed by atoms with Gasteiger partial charge in [0.25, 0.3) is 11.6 Å². The summed E-state index contributed by atoms with van der Waals surface area (Å²) in [5, 5.41) is 10.8. The molecule has 8 nitrogen and oxygen atoms in total. The van der Waals surface area contributed by atoms with Gasteiger partial charge in [0, 0.05) is 19.7 Å². The number of nitrogens with zero attached hydrogens (tertiary/aromatic N) is 4. The fourth-order valence-electron chi connectivity index (χ4n) is 2.75. The number of hydrogen-bond donors (Lipinski definition) is 1. The lowest BCUT2D eigenvalue weighted by molar-refractivity contribution is -0.385. The molecule has 120 valence electrons. The van der Waals surface area contributed by atoms with Crippen molar-refractivity contribution in [2.24, 2.45) is 11.7 Å². The average Bonchev–Trinajstić information content (AvgIpc) is 2.48. The number of primary amides is 1. The van der Waals surface area contributed by atoms with Crippen molar-refractivity contribution in [3.8, 4) is 0 Å². The number of piperidine rings is 1. The van der Waals surface area contributed by atoms with Crippen LogP contribution in [-0.4, -0.2) is 54.4 Å². The normalized spacial score (nSPS) is 16.5. The van der Waals surface area contributed by atoms with Crippen molar-refractivity contribution in [1.82, 2.24) is 9.88 Å². The Morgan fingerprint density at radius 2 is 2.18 bits per heavy atom. The van der Waals surface area contributed by atoms with Crippen molar-refractivity contribution in [3.05, 3.63) is 27.9 Å². The van der Waals surface area contributed by atoms with Gasteiger partial charge in [-0.3, -0.25) is 14.9 Å². The van der Waals surface area contributed by atoms with Gasteiger partial charge in [0.1, 0.15) is 12.0 Å². The van der Waals surface area contributed by atoms with Crippen LogP contribution in [-0.2, 0) is 0 Å². The lowest BCUT2D eigenvalue weighted by Gasteiger charge is -2.32. The van der Waals surface area contributed by atoms with E-state index >= 15 is 0 Å². The van der Waals surface area contributed by atoms with Crippen LogP contribution >= 0.6 is 0 Å². The number of carbonyl (C=O) groups excluding carboxylic acids is 1. The molecule has 1 aromatic rings. The quantitative estimate of drug-likeness (QED) is 0.639. The number of carbonyl (C=O) groups is 1. The van der Waals surface area contributed by atoms with Crippen LogP contribution in [0, 0.1) is 16.0 Å². The van der Waals surface area contributed by atoms with Crippen LogP contribution in [0.1, 0.15) is 23.2 Å². The molecule has 22 heavy (non-hydrogen) atoms. The van der Waals surface area contributed by atoms with Crippen LogP contribution in [0.25, 0.3) is 0 Å². The van der Waals surface area contributed by atoms with Crippen molar-refractivity contribution < 1.29 is 9.72 Å². The molecule has 1 aliphatic heterocycles. The van der Waals surface area contributed by atoms with Crippen LogP contribution in [0.2, 0.25) is 0 Å². The maximum atomic E-state index is 11.6. The average molecular weight is 307 g/mol. The highest BCUT2D eigenvalue weighted by molar-refractivity contribution is 5.98. The molecule has 1 saturated heterocycles. The van der Waals surface area contributed by atoms with Gasteiger partial charge in [0.2, 0.25) is 0 Å². The molecule has 0 atom stereocenters. The summed E-state index contributed by atoms with van der Waals surface area (Å²) in [7, 11) is 3.93. The van der Waals surface area contributed by atoms with Crippen LogP contribution in [0.5, 0.6) is 0 Å². The maximum Gasteiger partial charge on any atom is 0.288 e. The van der Waals surface area contributed by atoms with Gasteiger partial charge in [-0.15, -0.1) is 0 Å². The van der Waals surface area contributed by atoms with Crippen LogP contribution < -0.4 is 10.6 Å². The Morgan fingerprint density at radius 3 is 2.73 bits per heavy atom. The summed E-state index contributed by atoms with van der Waals surface area (Å²) in [6.07, 6.45) is 3.33. The van der Waals surface area contributed by atoms with Gasteiger partial charge in [-0.05, 0) is 38.9 Å². The Bertz CT molecular complexity index is 570. The first-order valence-corrected chi connectivity index (χ1v) is 7.22. The number of likely N-dealkylation sites (tertiary alicyclic amines) is 1. The molecule has 2 rings (SSSR count). The zero-order chi connectivity index (χ0) is 16.3. The first kappa shape index (κ1) is 16.2. The van der Waals surface area contributed by atoms with Gasteiger partial charge in [0.15, 0.2) is 0 Å². The molecule has 0 spiro atoms. The van der Waals surface area contributed by atoms with Crippen LogP contribution in [0.15, 0.2) is 12.3 Å². The molecule has 0 unspecified atom stereocenters. The minimum Gasteiger partial charge on any atom is -0.365 e. The van der Waals surface area contributed by atoms with E-state index in [0.29, 0.717) is 11.7 Å². The van der Waals surface area contributed by atoms with E-state index in [2.05, 4.69) is 16.9 Å². The molecule has 1 aliphatic rings. The van der Waals surface area contributed by atoms with Gasteiger partial charge < -0.3 is 15.5 Å². The topological polar surface area (TPSA) is 106 Å². The summed E-state index contributed by atoms with van der Waals surface area (Å²) >= 11 is 0. The number of rotatable bonds is 5. The van der Waals surface area contributed by atoms with Gasteiger partial charge in [0.05, 0.1) is 10.5 Å². The molecule has 2 heterocycles. The van der Waals surface area contributed by atoms with Gasteiger partial charge in [-0.25, -0.2) is 4.98 Å². The standard InChI is InChI=1S/C14H21N5O3/c1-17-5-3-10(4-6-17)9-18(2)14-12(13(15)20)7-11(8-16-14)19(21)22/h7-8,10H,3-6,9H2,1-2H3,(H2,15,20). The number of nitrogens with two attached hydrogens (primary N) is 1. The molecule has 0 aromatic carbocycles. The molecule has 1 amide bonds. The number of amides is 1. The fraction of sp³-hybridized carbons (Fsp3) is 0.571. The minimum absolute atomic E-state index is 0.0876. The van der Waals surface area contributed by atoms with E-state index in [0.717, 1.165) is 38.7 Å². The van der Waals surface area contributed by atoms with Crippen molar-refractivity contribution in [1.29, 1.82) is 0 Å². The Kier molecular flexibility index (Phi) is 4.92. The molecular formula is C14H21N5O3. The Labute approximate surface area is 129 Å². The molecule has 2 N–H and O–H groups in total. The molecule has 0 radical (unpaired) electrons. The summed E-state index contributed by atoms with van der Waals surface area (Å²) in [5.41, 5.74) is 5.19. The predicted octanol–water partition coefficient (Wildman–Crippen LogP) is 0.867. The van der Waals surface area contributed by atoms with E-state index in [4.69, 9.17) is 5.73 Å². The Balaban J connectivity index is 2.16. The highest BCUT2D eigenvalue weighted by Gasteiger charge is 2.22. The Morgan fingerprint density at radius 1 is 1.55 bits per heavy atom. The second-order valence-electron chi connectivity index (χ2n) is 5.81. The van der Waals surface area contributed by atoms with E-state index in [1.54, 1.807) is 0 Å². The van der Waals surface area contributed by atoms with Gasteiger partial charge in [-0.2, -0.15) is 0 Å². The third kappa shape index (κ3) is 3.70. The second-order valence-corrected chi connectivity index (χ2v) is 5.81. The minimum atomic E-state index is -0.707. The third-order valence-electron chi connectivity index (χ3n) is 4.06. The second kappa shape index (κ2) is 6.69. The number of nitro groups is 1. The van der Waals surface area contributed by atoms with E-state index in [1.807, 2.05) is 11.9 Å². The molecular weight excluding hydrogens is 286 g/mol. The lowest BCUT2D eigenvalue weighted by Crippen LogP contribution is -2.36. The number of pyridine rings is 1. The van der Waals surface area contributed by atoms with Crippen molar-refractivity contribution in [2.45, 2.75) is 12.8 Å². The van der Waals surface area contributed by atoms with Gasteiger partial charge in [-0.1, -0.05) is 0 Å². The summed E-state index contributed by atoms with van der Waals surface area (Å²) < 4.78 is 0. The van der Waals surface area contributed by atoms with Crippen LogP contribution in [0.3, 0.4) is 0 Å². The molecule has 0 aliphatic carbocycles. The summed E-state index contributed by atoms with van der Waals surface area (Å²) in [6.45, 7) is 2.85. The van der Waals surface area contributed by atoms with E-state index < -0.39 is 10.8 Å². The van der Waals surface area contributed by atoms with E-state index in [9.17, 15) is 14.9 Å². The smallest absolute Gasteiger partial charge is 0.288 e. The fourth-order valence-corrected chi connectivity index (χ4v) is 2.75. The monoisotopic (exact) mass is 307 g/mol. The number of aromatic nitrogens is 1. The third-order valence-corrected chi connectivity index (χ3v) is 4.06. The van der Waals surface area contributed by atoms with Gasteiger partial charge >= 0.3 is 0 Å². The zero-order valence-electron chi connectivity index (χ0n) is 12.9. The summed E-state index contributed by atoms with van der Waals surface area (Å²) in [6, 6.07) is 1.19. The number of hydrogen-bond acceptors (Lipinski definition) is 6. The Hall–Kier alpha value is -2.22. The van der Waals surface area contributed by atoms with Crippen LogP contribution in [0.4, 0.5) is 11.5 Å². The van der Waals surface area contributed by atoms with Crippen molar-refractivity contribution in [2.75, 3.05) is 38.6 Å². The van der Waals surface area contributed by atoms with E-state index in [-0.39, 0.29) is 11.3 Å². The molecule has 8 heteroatoms. The van der Waals surface area contributed by atoms with Crippen molar-refractivity contribution in [3.63, 3.8) is 0 Å². The maximum absolute atomic E-state index is 11.6. The molecule has 1 aromatic heterocycles. The molecule has 1 fully saturated rings. The van der Waals surface area contributed by atoms with Crippen molar-refractivity contribution >= 4 is 17.4 Å². The zero-order valence-corrected chi connectivity index (χ0v) is 12.9. The first-order valence-electron chi connectivity index (χ1n) is 7.22. The SMILES string of the molecule is CN1CCC(CN(C)c2ncc([N+](=O)[O-])cc2C(N)=O)CC1. The predicted molar refractivity (Wildman–Crippen MR) is 82.9 cm³/mol. The molecule has 0 bridgehead atoms. The lowest BCUT2D eigenvalue weighted by atomic mass is 9.96. The highest BCUT2D eigenvalue weighted by atomic mass is 16.6. The van der Waals surface area contributed by atoms with E-state index in [1.165, 1.54) is 6.07 Å². The summed E-state index contributed by atoms with van der Waals surface area (Å²) in [5.74, 6) is 0.206. The summed E-state index contributed by atoms with van der Waals surface area (Å²) in [4.78, 5) is 30.0. The number of anilines is 1.